The van der Waals surface area contributed by atoms with E-state index < -0.39 is 6.67 Å². The van der Waals surface area contributed by atoms with Gasteiger partial charge in [0.25, 0.3) is 0 Å². The quantitative estimate of drug-likeness (QED) is 0.465. The third-order valence-electron chi connectivity index (χ3n) is 3.53. The number of aromatic nitrogens is 2. The van der Waals surface area contributed by atoms with E-state index in [4.69, 9.17) is 19.9 Å². The van der Waals surface area contributed by atoms with Crippen molar-refractivity contribution in [3.63, 3.8) is 0 Å². The van der Waals surface area contributed by atoms with Crippen LogP contribution in [0.2, 0.25) is 0 Å². The minimum atomic E-state index is -0.475. The fourth-order valence-corrected chi connectivity index (χ4v) is 2.44. The smallest absolute Gasteiger partial charge is 0.215 e. The Balaban J connectivity index is 1.53. The molecule has 0 saturated carbocycles. The van der Waals surface area contributed by atoms with E-state index in [9.17, 15) is 4.39 Å². The predicted molar refractivity (Wildman–Crippen MR) is 91.1 cm³/mol. The molecule has 0 atom stereocenters. The summed E-state index contributed by atoms with van der Waals surface area (Å²) in [4.78, 5) is 7.70. The van der Waals surface area contributed by atoms with Gasteiger partial charge in [0.1, 0.15) is 18.9 Å². The van der Waals surface area contributed by atoms with Gasteiger partial charge in [-0.25, -0.2) is 4.39 Å². The number of H-pyrrole nitrogens is 1. The van der Waals surface area contributed by atoms with Gasteiger partial charge in [0.2, 0.25) is 5.88 Å². The Hall–Kier alpha value is -2.38. The number of aromatic amines is 1. The molecule has 0 amide bonds. The topological polar surface area (TPSA) is 82.4 Å². The molecular formula is C17H20FN3O3. The molecule has 128 valence electrons. The first kappa shape index (κ1) is 16.5. The molecule has 2 aromatic heterocycles. The Morgan fingerprint density at radius 2 is 1.71 bits per heavy atom. The van der Waals surface area contributed by atoms with Gasteiger partial charge < -0.3 is 24.9 Å². The van der Waals surface area contributed by atoms with Crippen molar-refractivity contribution in [2.75, 3.05) is 45.4 Å². The number of nitrogens with zero attached hydrogens (tertiary/aromatic N) is 1. The van der Waals surface area contributed by atoms with Gasteiger partial charge in [0.05, 0.1) is 26.4 Å². The number of alkyl halides is 1. The van der Waals surface area contributed by atoms with E-state index in [0.717, 1.165) is 21.9 Å². The highest BCUT2D eigenvalue weighted by molar-refractivity contribution is 6.06. The second-order valence-electron chi connectivity index (χ2n) is 5.24. The van der Waals surface area contributed by atoms with Crippen molar-refractivity contribution in [1.29, 1.82) is 0 Å². The monoisotopic (exact) mass is 333 g/mol. The fraction of sp³-hybridized carbons (Fsp3) is 0.353. The average molecular weight is 333 g/mol. The molecule has 24 heavy (non-hydrogen) atoms. The summed E-state index contributed by atoms with van der Waals surface area (Å²) in [6.07, 6.45) is 0. The number of nitrogens with one attached hydrogen (secondary N) is 1. The lowest BCUT2D eigenvalue weighted by Crippen LogP contribution is -2.11. The maximum absolute atomic E-state index is 11.8. The maximum Gasteiger partial charge on any atom is 0.215 e. The number of pyridine rings is 1. The molecule has 3 N–H and O–H groups in total. The fourth-order valence-electron chi connectivity index (χ4n) is 2.44. The van der Waals surface area contributed by atoms with E-state index in [2.05, 4.69) is 9.97 Å². The summed E-state index contributed by atoms with van der Waals surface area (Å²) in [6, 6.07) is 9.53. The molecule has 0 aliphatic carbocycles. The summed E-state index contributed by atoms with van der Waals surface area (Å²) in [5.41, 5.74) is 8.22. The molecule has 1 aromatic carbocycles. The number of hydrogen-bond donors (Lipinski definition) is 2. The molecule has 0 aliphatic heterocycles. The summed E-state index contributed by atoms with van der Waals surface area (Å²) in [5.74, 6) is 0.527. The molecule has 0 saturated heterocycles. The van der Waals surface area contributed by atoms with E-state index in [0.29, 0.717) is 38.0 Å². The molecule has 0 spiro atoms. The van der Waals surface area contributed by atoms with Gasteiger partial charge in [-0.15, -0.1) is 0 Å². The Kier molecular flexibility index (Phi) is 5.45. The summed E-state index contributed by atoms with van der Waals surface area (Å²) in [7, 11) is 0. The van der Waals surface area contributed by atoms with Crippen LogP contribution in [0.3, 0.4) is 0 Å². The Morgan fingerprint density at radius 1 is 0.958 bits per heavy atom. The second kappa shape index (κ2) is 7.94. The number of nitrogen functional groups attached to an aromatic ring is 1. The van der Waals surface area contributed by atoms with Gasteiger partial charge in [-0.2, -0.15) is 4.98 Å². The number of halogens is 1. The number of hydrogen-bond acceptors (Lipinski definition) is 5. The summed E-state index contributed by atoms with van der Waals surface area (Å²) >= 11 is 0. The first-order valence-electron chi connectivity index (χ1n) is 7.80. The molecule has 0 radical (unpaired) electrons. The van der Waals surface area contributed by atoms with E-state index >= 15 is 0 Å². The van der Waals surface area contributed by atoms with Crippen LogP contribution in [-0.4, -0.2) is 49.7 Å². The van der Waals surface area contributed by atoms with Crippen LogP contribution >= 0.6 is 0 Å². The number of nitrogens with two attached hydrogens (primary N) is 1. The molecule has 3 aromatic rings. The SMILES string of the molecule is Nc1ccc2c(c1)[nH]c1nc(OCCOCCOCCF)ccc12. The van der Waals surface area contributed by atoms with Gasteiger partial charge >= 0.3 is 0 Å². The van der Waals surface area contributed by atoms with Crippen LogP contribution in [0.15, 0.2) is 30.3 Å². The van der Waals surface area contributed by atoms with Crippen LogP contribution in [-0.2, 0) is 9.47 Å². The largest absolute Gasteiger partial charge is 0.475 e. The summed E-state index contributed by atoms with van der Waals surface area (Å²) < 4.78 is 27.7. The average Bonchev–Trinajstić information content (AvgIpc) is 2.93. The molecule has 0 aliphatic rings. The Labute approximate surface area is 138 Å². The Morgan fingerprint density at radius 3 is 2.54 bits per heavy atom. The third kappa shape index (κ3) is 3.93. The molecule has 6 nitrogen and oxygen atoms in total. The minimum absolute atomic E-state index is 0.111. The zero-order chi connectivity index (χ0) is 16.8. The molecule has 0 bridgehead atoms. The molecule has 0 unspecified atom stereocenters. The van der Waals surface area contributed by atoms with E-state index in [1.54, 1.807) is 0 Å². The maximum atomic E-state index is 11.8. The van der Waals surface area contributed by atoms with E-state index in [-0.39, 0.29) is 6.61 Å². The molecule has 0 fully saturated rings. The zero-order valence-electron chi connectivity index (χ0n) is 13.3. The van der Waals surface area contributed by atoms with Gasteiger partial charge in [-0.3, -0.25) is 0 Å². The van der Waals surface area contributed by atoms with Crippen molar-refractivity contribution in [3.05, 3.63) is 30.3 Å². The van der Waals surface area contributed by atoms with Crippen LogP contribution in [0, 0.1) is 0 Å². The van der Waals surface area contributed by atoms with Crippen LogP contribution in [0.5, 0.6) is 5.88 Å². The highest BCUT2D eigenvalue weighted by Crippen LogP contribution is 2.27. The first-order valence-corrected chi connectivity index (χ1v) is 7.80. The number of fused-ring (bicyclic) bond motifs is 3. The van der Waals surface area contributed by atoms with Gasteiger partial charge in [0.15, 0.2) is 0 Å². The minimum Gasteiger partial charge on any atom is -0.475 e. The second-order valence-corrected chi connectivity index (χ2v) is 5.24. The van der Waals surface area contributed by atoms with Crippen LogP contribution in [0.1, 0.15) is 0 Å². The lowest BCUT2D eigenvalue weighted by Gasteiger charge is -2.06. The number of benzene rings is 1. The van der Waals surface area contributed by atoms with Gasteiger partial charge in [-0.05, 0) is 18.2 Å². The summed E-state index contributed by atoms with van der Waals surface area (Å²) in [5, 5.41) is 2.11. The van der Waals surface area contributed by atoms with Crippen molar-refractivity contribution in [1.82, 2.24) is 9.97 Å². The third-order valence-corrected chi connectivity index (χ3v) is 3.53. The highest BCUT2D eigenvalue weighted by Gasteiger charge is 2.07. The number of anilines is 1. The van der Waals surface area contributed by atoms with Crippen molar-refractivity contribution < 1.29 is 18.6 Å². The lowest BCUT2D eigenvalue weighted by atomic mass is 10.2. The van der Waals surface area contributed by atoms with Gasteiger partial charge in [0, 0.05) is 28.0 Å². The molecule has 2 heterocycles. The lowest BCUT2D eigenvalue weighted by molar-refractivity contribution is 0.0321. The van der Waals surface area contributed by atoms with Crippen LogP contribution in [0.4, 0.5) is 10.1 Å². The van der Waals surface area contributed by atoms with Crippen molar-refractivity contribution in [2.45, 2.75) is 0 Å². The number of rotatable bonds is 9. The van der Waals surface area contributed by atoms with E-state index in [1.165, 1.54) is 0 Å². The van der Waals surface area contributed by atoms with Crippen LogP contribution in [0.25, 0.3) is 21.9 Å². The summed E-state index contributed by atoms with van der Waals surface area (Å²) in [6.45, 7) is 1.24. The molecule has 3 rings (SSSR count). The van der Waals surface area contributed by atoms with Crippen molar-refractivity contribution in [3.8, 4) is 5.88 Å². The van der Waals surface area contributed by atoms with Crippen LogP contribution < -0.4 is 10.5 Å². The highest BCUT2D eigenvalue weighted by atomic mass is 19.1. The van der Waals surface area contributed by atoms with E-state index in [1.807, 2.05) is 30.3 Å². The first-order chi connectivity index (χ1) is 11.8. The zero-order valence-corrected chi connectivity index (χ0v) is 13.3. The predicted octanol–water partition coefficient (Wildman–Crippen LogP) is 2.68. The molecule has 7 heteroatoms. The van der Waals surface area contributed by atoms with Crippen molar-refractivity contribution >= 4 is 27.6 Å². The number of ether oxygens (including phenoxy) is 3. The van der Waals surface area contributed by atoms with Crippen molar-refractivity contribution in [2.24, 2.45) is 0 Å². The standard InChI is InChI=1S/C17H20FN3O3/c18-5-6-22-7-8-23-9-10-24-16-4-3-14-13-2-1-12(19)11-15(13)20-17(14)21-16/h1-4,11H,5-10,19H2,(H,20,21). The molecular weight excluding hydrogens is 313 g/mol. The van der Waals surface area contributed by atoms with Gasteiger partial charge in [-0.1, -0.05) is 6.07 Å². The Bertz CT molecular complexity index is 806. The normalized spacial score (nSPS) is 11.4.